The highest BCUT2D eigenvalue weighted by Gasteiger charge is 2.06. The molecule has 0 fully saturated rings. The highest BCUT2D eigenvalue weighted by Crippen LogP contribution is 2.29. The lowest BCUT2D eigenvalue weighted by Gasteiger charge is -1.96. The molecule has 0 aliphatic rings. The summed E-state index contributed by atoms with van der Waals surface area (Å²) in [6, 6.07) is 9.79. The summed E-state index contributed by atoms with van der Waals surface area (Å²) in [5.74, 6) is 1.70. The Kier molecular flexibility index (Phi) is 3.68. The predicted octanol–water partition coefficient (Wildman–Crippen LogP) is 4.58. The van der Waals surface area contributed by atoms with Gasteiger partial charge in [-0.05, 0) is 24.3 Å². The summed E-state index contributed by atoms with van der Waals surface area (Å²) < 4.78 is 6.02. The fourth-order valence-corrected chi connectivity index (χ4v) is 3.75. The molecule has 1 aromatic carbocycles. The third kappa shape index (κ3) is 2.88. The summed E-state index contributed by atoms with van der Waals surface area (Å²) in [5, 5.41) is 0.910. The van der Waals surface area contributed by atoms with Crippen molar-refractivity contribution < 1.29 is 4.74 Å². The molecule has 98 valence electrons. The summed E-state index contributed by atoms with van der Waals surface area (Å²) >= 11 is 9.18. The molecule has 3 nitrogen and oxygen atoms in total. The number of fused-ring (bicyclic) bond motifs is 1. The van der Waals surface area contributed by atoms with Gasteiger partial charge in [0, 0.05) is 16.7 Å². The monoisotopic (exact) mass is 310 g/mol. The Hall–Kier alpha value is -1.17. The molecule has 1 N–H and O–H groups in total. The van der Waals surface area contributed by atoms with Crippen molar-refractivity contribution in [1.29, 1.82) is 0 Å². The van der Waals surface area contributed by atoms with Crippen LogP contribution in [0, 0.1) is 0 Å². The average Bonchev–Trinajstić information content (AvgIpc) is 3.01. The number of thioether (sulfide) groups is 1. The van der Waals surface area contributed by atoms with Crippen LogP contribution in [-0.2, 0) is 5.75 Å². The normalized spacial score (nSPS) is 11.1. The van der Waals surface area contributed by atoms with Crippen LogP contribution >= 0.6 is 34.7 Å². The molecule has 0 aliphatic carbocycles. The van der Waals surface area contributed by atoms with E-state index in [1.165, 1.54) is 4.88 Å². The predicted molar refractivity (Wildman–Crippen MR) is 81.5 cm³/mol. The van der Waals surface area contributed by atoms with E-state index in [9.17, 15) is 0 Å². The molecule has 3 rings (SSSR count). The van der Waals surface area contributed by atoms with Crippen LogP contribution in [0.15, 0.2) is 35.5 Å². The van der Waals surface area contributed by atoms with Gasteiger partial charge in [0.05, 0.1) is 22.5 Å². The maximum atomic E-state index is 5.91. The molecule has 2 heterocycles. The van der Waals surface area contributed by atoms with Gasteiger partial charge in [0.15, 0.2) is 5.16 Å². The Morgan fingerprint density at radius 2 is 2.26 bits per heavy atom. The smallest absolute Gasteiger partial charge is 0.166 e. The molecule has 2 aromatic heterocycles. The first-order chi connectivity index (χ1) is 9.24. The first-order valence-electron chi connectivity index (χ1n) is 5.65. The van der Waals surface area contributed by atoms with Crippen molar-refractivity contribution in [3.63, 3.8) is 0 Å². The third-order valence-corrected chi connectivity index (χ3v) is 4.98. The van der Waals surface area contributed by atoms with E-state index in [1.54, 1.807) is 30.2 Å². The first-order valence-corrected chi connectivity index (χ1v) is 7.83. The number of rotatable bonds is 4. The largest absolute Gasteiger partial charge is 0.497 e. The number of methoxy groups -OCH3 is 1. The fourth-order valence-electron chi connectivity index (χ4n) is 1.73. The van der Waals surface area contributed by atoms with Crippen molar-refractivity contribution in [2.75, 3.05) is 7.11 Å². The quantitative estimate of drug-likeness (QED) is 0.717. The summed E-state index contributed by atoms with van der Waals surface area (Å²) in [7, 11) is 1.66. The minimum atomic E-state index is 0.824. The molecule has 0 aliphatic heterocycles. The van der Waals surface area contributed by atoms with Crippen molar-refractivity contribution in [2.24, 2.45) is 0 Å². The van der Waals surface area contributed by atoms with E-state index in [-0.39, 0.29) is 0 Å². The summed E-state index contributed by atoms with van der Waals surface area (Å²) in [5.41, 5.74) is 1.94. The molecule has 0 unspecified atom stereocenters. The molecule has 0 bridgehead atoms. The molecule has 0 radical (unpaired) electrons. The van der Waals surface area contributed by atoms with Crippen LogP contribution in [0.25, 0.3) is 11.0 Å². The van der Waals surface area contributed by atoms with Crippen LogP contribution in [0.5, 0.6) is 5.75 Å². The average molecular weight is 311 g/mol. The molecule has 19 heavy (non-hydrogen) atoms. The molecule has 0 saturated heterocycles. The number of H-pyrrole nitrogens is 1. The lowest BCUT2D eigenvalue weighted by Crippen LogP contribution is -1.81. The molecule has 3 aromatic rings. The highest BCUT2D eigenvalue weighted by molar-refractivity contribution is 7.98. The SMILES string of the molecule is COc1ccc2nc(SCc3ccc(Cl)s3)[nH]c2c1. The Labute approximate surface area is 124 Å². The minimum absolute atomic E-state index is 0.824. The molecule has 6 heteroatoms. The van der Waals surface area contributed by atoms with Gasteiger partial charge in [0.25, 0.3) is 0 Å². The standard InChI is InChI=1S/C13H11ClN2OS2/c1-17-8-2-4-10-11(6-8)16-13(15-10)18-7-9-3-5-12(14)19-9/h2-6H,7H2,1H3,(H,15,16). The highest BCUT2D eigenvalue weighted by atomic mass is 35.5. The maximum Gasteiger partial charge on any atom is 0.166 e. The zero-order valence-electron chi connectivity index (χ0n) is 10.1. The topological polar surface area (TPSA) is 37.9 Å². The van der Waals surface area contributed by atoms with Gasteiger partial charge in [-0.2, -0.15) is 0 Å². The van der Waals surface area contributed by atoms with E-state index in [2.05, 4.69) is 9.97 Å². The summed E-state index contributed by atoms with van der Waals surface area (Å²) in [6.07, 6.45) is 0. The number of hydrogen-bond acceptors (Lipinski definition) is 4. The van der Waals surface area contributed by atoms with Crippen molar-refractivity contribution in [3.05, 3.63) is 39.5 Å². The second-order valence-corrected chi connectivity index (χ2v) is 6.68. The molecule has 0 saturated carbocycles. The summed E-state index contributed by atoms with van der Waals surface area (Å²) in [6.45, 7) is 0. The van der Waals surface area contributed by atoms with Crippen LogP contribution < -0.4 is 4.74 Å². The Balaban J connectivity index is 1.77. The molecule has 0 atom stereocenters. The Morgan fingerprint density at radius 3 is 3.00 bits per heavy atom. The van der Waals surface area contributed by atoms with Crippen LogP contribution in [0.3, 0.4) is 0 Å². The van der Waals surface area contributed by atoms with Crippen molar-refractivity contribution >= 4 is 45.7 Å². The van der Waals surface area contributed by atoms with Gasteiger partial charge in [0.1, 0.15) is 5.75 Å². The Bertz CT molecular complexity index is 708. The number of hydrogen-bond donors (Lipinski definition) is 1. The second kappa shape index (κ2) is 5.45. The molecular formula is C13H11ClN2OS2. The second-order valence-electron chi connectivity index (χ2n) is 3.92. The number of aromatic amines is 1. The number of aromatic nitrogens is 2. The number of benzene rings is 1. The Morgan fingerprint density at radius 1 is 1.37 bits per heavy atom. The lowest BCUT2D eigenvalue weighted by molar-refractivity contribution is 0.415. The van der Waals surface area contributed by atoms with Gasteiger partial charge in [0.2, 0.25) is 0 Å². The van der Waals surface area contributed by atoms with E-state index in [0.717, 1.165) is 32.0 Å². The third-order valence-electron chi connectivity index (χ3n) is 2.65. The van der Waals surface area contributed by atoms with Crippen molar-refractivity contribution in [2.45, 2.75) is 10.9 Å². The van der Waals surface area contributed by atoms with E-state index in [1.807, 2.05) is 30.3 Å². The van der Waals surface area contributed by atoms with Crippen molar-refractivity contribution in [1.82, 2.24) is 9.97 Å². The first kappa shape index (κ1) is 12.8. The number of imidazole rings is 1. The van der Waals surface area contributed by atoms with Crippen LogP contribution in [0.4, 0.5) is 0 Å². The molecular weight excluding hydrogens is 300 g/mol. The van der Waals surface area contributed by atoms with Crippen LogP contribution in [0.2, 0.25) is 4.34 Å². The molecule has 0 amide bonds. The van der Waals surface area contributed by atoms with Gasteiger partial charge in [-0.15, -0.1) is 11.3 Å². The van der Waals surface area contributed by atoms with Gasteiger partial charge >= 0.3 is 0 Å². The number of halogens is 1. The van der Waals surface area contributed by atoms with E-state index in [4.69, 9.17) is 16.3 Å². The lowest BCUT2D eigenvalue weighted by atomic mass is 10.3. The zero-order chi connectivity index (χ0) is 13.2. The summed E-state index contributed by atoms with van der Waals surface area (Å²) in [4.78, 5) is 9.07. The van der Waals surface area contributed by atoms with Crippen LogP contribution in [0.1, 0.15) is 4.88 Å². The van der Waals surface area contributed by atoms with E-state index in [0.29, 0.717) is 0 Å². The maximum absolute atomic E-state index is 5.91. The van der Waals surface area contributed by atoms with Gasteiger partial charge in [-0.1, -0.05) is 23.4 Å². The number of thiophene rings is 1. The number of nitrogens with zero attached hydrogens (tertiary/aromatic N) is 1. The zero-order valence-corrected chi connectivity index (χ0v) is 12.5. The van der Waals surface area contributed by atoms with Gasteiger partial charge in [-0.25, -0.2) is 4.98 Å². The fraction of sp³-hybridized carbons (Fsp3) is 0.154. The van der Waals surface area contributed by atoms with E-state index >= 15 is 0 Å². The van der Waals surface area contributed by atoms with Gasteiger partial charge in [-0.3, -0.25) is 0 Å². The van der Waals surface area contributed by atoms with E-state index < -0.39 is 0 Å². The van der Waals surface area contributed by atoms with Gasteiger partial charge < -0.3 is 9.72 Å². The van der Waals surface area contributed by atoms with Crippen molar-refractivity contribution in [3.8, 4) is 5.75 Å². The number of ether oxygens (including phenoxy) is 1. The number of nitrogens with one attached hydrogen (secondary N) is 1. The molecule has 0 spiro atoms. The van der Waals surface area contributed by atoms with Crippen LogP contribution in [-0.4, -0.2) is 17.1 Å². The minimum Gasteiger partial charge on any atom is -0.497 e.